The minimum atomic E-state index is -3.58. The largest absolute Gasteiger partial charge is 0.452 e. The van der Waals surface area contributed by atoms with Crippen LogP contribution < -0.4 is 5.32 Å². The molecule has 10 heteroatoms. The van der Waals surface area contributed by atoms with E-state index in [1.807, 2.05) is 0 Å². The summed E-state index contributed by atoms with van der Waals surface area (Å²) in [5.74, 6) is -3.23. The van der Waals surface area contributed by atoms with Crippen LogP contribution in [0.15, 0.2) is 53.4 Å². The van der Waals surface area contributed by atoms with Gasteiger partial charge < -0.3 is 10.1 Å². The van der Waals surface area contributed by atoms with Gasteiger partial charge in [0.25, 0.3) is 5.91 Å². The van der Waals surface area contributed by atoms with Gasteiger partial charge in [-0.15, -0.1) is 0 Å². The molecule has 2 rings (SSSR count). The first kappa shape index (κ1) is 24.2. The normalized spacial score (nSPS) is 11.6. The van der Waals surface area contributed by atoms with Crippen LogP contribution in [-0.4, -0.2) is 44.3 Å². The van der Waals surface area contributed by atoms with Crippen LogP contribution in [0.4, 0.5) is 14.5 Å². The summed E-state index contributed by atoms with van der Waals surface area (Å²) in [6, 6.07) is 8.48. The number of rotatable bonds is 9. The molecule has 0 fully saturated rings. The second kappa shape index (κ2) is 10.8. The van der Waals surface area contributed by atoms with E-state index >= 15 is 0 Å². The third-order valence-corrected chi connectivity index (χ3v) is 6.25. The Kier molecular flexibility index (Phi) is 8.40. The molecule has 0 aliphatic rings. The van der Waals surface area contributed by atoms with Crippen LogP contribution in [0.25, 0.3) is 6.08 Å². The number of halogens is 2. The van der Waals surface area contributed by atoms with Gasteiger partial charge in [0.15, 0.2) is 6.61 Å². The Hall–Kier alpha value is -3.11. The smallest absolute Gasteiger partial charge is 0.331 e. The number of carbonyl (C=O) groups is 2. The van der Waals surface area contributed by atoms with E-state index in [9.17, 15) is 26.8 Å². The molecule has 0 saturated carbocycles. The number of esters is 1. The number of carbonyl (C=O) groups excluding carboxylic acids is 2. The highest BCUT2D eigenvalue weighted by Crippen LogP contribution is 2.17. The van der Waals surface area contributed by atoms with E-state index in [0.29, 0.717) is 18.7 Å². The van der Waals surface area contributed by atoms with E-state index in [2.05, 4.69) is 5.32 Å². The zero-order valence-corrected chi connectivity index (χ0v) is 17.8. The summed E-state index contributed by atoms with van der Waals surface area (Å²) in [7, 11) is -3.58. The van der Waals surface area contributed by atoms with Crippen molar-refractivity contribution in [2.24, 2.45) is 0 Å². The molecule has 2 aromatic rings. The third-order valence-electron chi connectivity index (χ3n) is 4.18. The van der Waals surface area contributed by atoms with Gasteiger partial charge in [-0.3, -0.25) is 4.79 Å². The predicted molar refractivity (Wildman–Crippen MR) is 112 cm³/mol. The Morgan fingerprint density at radius 3 is 2.32 bits per heavy atom. The first-order valence-electron chi connectivity index (χ1n) is 9.37. The topological polar surface area (TPSA) is 92.8 Å². The third kappa shape index (κ3) is 6.69. The lowest BCUT2D eigenvalue weighted by atomic mass is 10.2. The van der Waals surface area contributed by atoms with Crippen molar-refractivity contribution in [3.05, 3.63) is 65.7 Å². The van der Waals surface area contributed by atoms with Gasteiger partial charge >= 0.3 is 5.97 Å². The summed E-state index contributed by atoms with van der Waals surface area (Å²) in [6.07, 6.45) is 2.45. The van der Waals surface area contributed by atoms with E-state index in [0.717, 1.165) is 24.3 Å². The molecule has 0 aliphatic carbocycles. The molecular formula is C21H22F2N2O5S. The van der Waals surface area contributed by atoms with Crippen LogP contribution in [0.2, 0.25) is 0 Å². The van der Waals surface area contributed by atoms with E-state index in [4.69, 9.17) is 4.74 Å². The van der Waals surface area contributed by atoms with Crippen LogP contribution in [-0.2, 0) is 24.3 Å². The van der Waals surface area contributed by atoms with Gasteiger partial charge in [0.2, 0.25) is 10.0 Å². The lowest BCUT2D eigenvalue weighted by Gasteiger charge is -2.18. The summed E-state index contributed by atoms with van der Waals surface area (Å²) in [5.41, 5.74) is 0.179. The Bertz CT molecular complexity index is 1070. The Morgan fingerprint density at radius 1 is 1.06 bits per heavy atom. The number of anilines is 1. The lowest BCUT2D eigenvalue weighted by molar-refractivity contribution is -0.142. The molecule has 0 saturated heterocycles. The second-order valence-corrected chi connectivity index (χ2v) is 8.21. The number of sulfonamides is 1. The molecule has 7 nitrogen and oxygen atoms in total. The van der Waals surface area contributed by atoms with Crippen molar-refractivity contribution in [2.75, 3.05) is 25.0 Å². The highest BCUT2D eigenvalue weighted by atomic mass is 32.2. The standard InChI is InChI=1S/C21H22F2N2O5S/c1-3-25(4-2)31(28,29)17-9-5-15(6-10-17)7-12-21(27)30-14-20(26)24-19-13-16(22)8-11-18(19)23/h5-13H,3-4,14H2,1-2H3,(H,24,26)/b12-7+. The van der Waals surface area contributed by atoms with Crippen molar-refractivity contribution in [1.82, 2.24) is 4.31 Å². The fraction of sp³-hybridized carbons (Fsp3) is 0.238. The average Bonchev–Trinajstić information content (AvgIpc) is 2.74. The van der Waals surface area contributed by atoms with Gasteiger partial charge in [-0.2, -0.15) is 4.31 Å². The number of nitrogens with one attached hydrogen (secondary N) is 1. The fourth-order valence-electron chi connectivity index (χ4n) is 2.59. The summed E-state index contributed by atoms with van der Waals surface area (Å²) in [4.78, 5) is 23.6. The Labute approximate surface area is 179 Å². The quantitative estimate of drug-likeness (QED) is 0.466. The maximum atomic E-state index is 13.5. The molecule has 1 amide bonds. The molecule has 0 atom stereocenters. The van der Waals surface area contributed by atoms with Gasteiger partial charge in [-0.25, -0.2) is 22.0 Å². The molecule has 0 aromatic heterocycles. The molecule has 0 heterocycles. The summed E-state index contributed by atoms with van der Waals surface area (Å²) < 4.78 is 57.5. The van der Waals surface area contributed by atoms with Gasteiger partial charge in [0.05, 0.1) is 10.6 Å². The summed E-state index contributed by atoms with van der Waals surface area (Å²) in [6.45, 7) is 3.51. The molecule has 0 spiro atoms. The zero-order chi connectivity index (χ0) is 23.0. The van der Waals surface area contributed by atoms with Gasteiger partial charge in [0, 0.05) is 25.2 Å². The van der Waals surface area contributed by atoms with Crippen molar-refractivity contribution in [3.8, 4) is 0 Å². The van der Waals surface area contributed by atoms with Crippen LogP contribution in [0.5, 0.6) is 0 Å². The van der Waals surface area contributed by atoms with E-state index in [1.54, 1.807) is 13.8 Å². The second-order valence-electron chi connectivity index (χ2n) is 6.27. The van der Waals surface area contributed by atoms with Crippen molar-refractivity contribution in [2.45, 2.75) is 18.7 Å². The van der Waals surface area contributed by atoms with E-state index in [1.165, 1.54) is 34.6 Å². The van der Waals surface area contributed by atoms with Crippen molar-refractivity contribution < 1.29 is 31.5 Å². The number of nitrogens with zero attached hydrogens (tertiary/aromatic N) is 1. The Morgan fingerprint density at radius 2 is 1.71 bits per heavy atom. The van der Waals surface area contributed by atoms with Crippen molar-refractivity contribution >= 4 is 33.7 Å². The van der Waals surface area contributed by atoms with Crippen LogP contribution in [0.3, 0.4) is 0 Å². The molecule has 31 heavy (non-hydrogen) atoms. The number of amides is 1. The van der Waals surface area contributed by atoms with Crippen LogP contribution in [0, 0.1) is 11.6 Å². The van der Waals surface area contributed by atoms with Crippen molar-refractivity contribution in [1.29, 1.82) is 0 Å². The fourth-order valence-corrected chi connectivity index (χ4v) is 4.05. The zero-order valence-electron chi connectivity index (χ0n) is 17.0. The maximum absolute atomic E-state index is 13.5. The monoisotopic (exact) mass is 452 g/mol. The highest BCUT2D eigenvalue weighted by molar-refractivity contribution is 7.89. The molecule has 1 N–H and O–H groups in total. The molecular weight excluding hydrogens is 430 g/mol. The van der Waals surface area contributed by atoms with Gasteiger partial charge in [-0.05, 0) is 35.9 Å². The molecule has 166 valence electrons. The van der Waals surface area contributed by atoms with Crippen LogP contribution in [0.1, 0.15) is 19.4 Å². The Balaban J connectivity index is 1.91. The highest BCUT2D eigenvalue weighted by Gasteiger charge is 2.21. The number of benzene rings is 2. The molecule has 0 radical (unpaired) electrons. The number of hydrogen-bond acceptors (Lipinski definition) is 5. The number of ether oxygens (including phenoxy) is 1. The average molecular weight is 452 g/mol. The predicted octanol–water partition coefficient (Wildman–Crippen LogP) is 3.19. The van der Waals surface area contributed by atoms with Gasteiger partial charge in [-0.1, -0.05) is 26.0 Å². The van der Waals surface area contributed by atoms with Gasteiger partial charge in [0.1, 0.15) is 11.6 Å². The molecule has 2 aromatic carbocycles. The summed E-state index contributed by atoms with van der Waals surface area (Å²) in [5, 5.41) is 2.10. The van der Waals surface area contributed by atoms with Crippen molar-refractivity contribution in [3.63, 3.8) is 0 Å². The van der Waals surface area contributed by atoms with E-state index < -0.39 is 40.1 Å². The first-order chi connectivity index (χ1) is 14.7. The molecule has 0 unspecified atom stereocenters. The molecule has 0 aliphatic heterocycles. The minimum Gasteiger partial charge on any atom is -0.452 e. The lowest BCUT2D eigenvalue weighted by Crippen LogP contribution is -2.30. The van der Waals surface area contributed by atoms with E-state index in [-0.39, 0.29) is 10.6 Å². The summed E-state index contributed by atoms with van der Waals surface area (Å²) >= 11 is 0. The number of hydrogen-bond donors (Lipinski definition) is 1. The molecule has 0 bridgehead atoms. The SMILES string of the molecule is CCN(CC)S(=O)(=O)c1ccc(/C=C/C(=O)OCC(=O)Nc2cc(F)ccc2F)cc1. The minimum absolute atomic E-state index is 0.136. The van der Waals surface area contributed by atoms with Crippen LogP contribution >= 0.6 is 0 Å². The maximum Gasteiger partial charge on any atom is 0.331 e. The first-order valence-corrected chi connectivity index (χ1v) is 10.8.